The number of hydrogen-bond donors (Lipinski definition) is 1. The van der Waals surface area contributed by atoms with Gasteiger partial charge in [-0.25, -0.2) is 4.99 Å². The molecule has 0 atom stereocenters. The van der Waals surface area contributed by atoms with Gasteiger partial charge in [0.05, 0.1) is 5.70 Å². The lowest BCUT2D eigenvalue weighted by molar-refractivity contribution is 0.666. The van der Waals surface area contributed by atoms with Crippen LogP contribution in [0.2, 0.25) is 0 Å². The fourth-order valence-electron chi connectivity index (χ4n) is 9.18. The summed E-state index contributed by atoms with van der Waals surface area (Å²) in [6.45, 7) is 4.75. The molecule has 0 fully saturated rings. The Morgan fingerprint density at radius 1 is 0.509 bits per heavy atom. The molecule has 0 saturated heterocycles. The zero-order chi connectivity index (χ0) is 38.5. The summed E-state index contributed by atoms with van der Waals surface area (Å²) >= 11 is 0. The molecule has 57 heavy (non-hydrogen) atoms. The molecule has 0 aromatic heterocycles. The minimum absolute atomic E-state index is 0.139. The molecule has 0 heterocycles. The Kier molecular flexibility index (Phi) is 8.42. The third-order valence-corrected chi connectivity index (χ3v) is 12.0. The van der Waals surface area contributed by atoms with Crippen molar-refractivity contribution in [2.45, 2.75) is 25.7 Å². The molecule has 0 unspecified atom stereocenters. The van der Waals surface area contributed by atoms with Crippen LogP contribution in [0.15, 0.2) is 199 Å². The minimum atomic E-state index is -0.139. The Morgan fingerprint density at radius 2 is 1.12 bits per heavy atom. The average molecular weight is 731 g/mol. The van der Waals surface area contributed by atoms with Crippen molar-refractivity contribution in [2.75, 3.05) is 0 Å². The molecule has 1 aliphatic carbocycles. The molecular formula is C55H42N2. The summed E-state index contributed by atoms with van der Waals surface area (Å²) in [4.78, 5) is 5.26. The van der Waals surface area contributed by atoms with Crippen LogP contribution in [0.25, 0.3) is 71.4 Å². The van der Waals surface area contributed by atoms with Crippen LogP contribution in [-0.2, 0) is 11.8 Å². The predicted molar refractivity (Wildman–Crippen MR) is 243 cm³/mol. The molecule has 9 aromatic rings. The molecule has 10 rings (SSSR count). The summed E-state index contributed by atoms with van der Waals surface area (Å²) in [6.07, 6.45) is 2.96. The fraction of sp³-hybridized carbons (Fsp3) is 0.0727. The molecule has 0 radical (unpaired) electrons. The quantitative estimate of drug-likeness (QED) is 0.129. The van der Waals surface area contributed by atoms with Crippen molar-refractivity contribution in [1.82, 2.24) is 0 Å². The number of nitrogens with two attached hydrogens (primary N) is 1. The van der Waals surface area contributed by atoms with E-state index in [9.17, 15) is 0 Å². The molecule has 2 N–H and O–H groups in total. The van der Waals surface area contributed by atoms with E-state index < -0.39 is 0 Å². The van der Waals surface area contributed by atoms with Crippen LogP contribution < -0.4 is 5.73 Å². The van der Waals surface area contributed by atoms with Gasteiger partial charge in [0, 0.05) is 16.5 Å². The zero-order valence-corrected chi connectivity index (χ0v) is 32.2. The maximum Gasteiger partial charge on any atom is 0.131 e. The van der Waals surface area contributed by atoms with Gasteiger partial charge in [0.15, 0.2) is 0 Å². The van der Waals surface area contributed by atoms with E-state index in [4.69, 9.17) is 10.7 Å². The van der Waals surface area contributed by atoms with Crippen LogP contribution in [0.3, 0.4) is 0 Å². The van der Waals surface area contributed by atoms with E-state index in [0.29, 0.717) is 12.3 Å². The van der Waals surface area contributed by atoms with Crippen molar-refractivity contribution >= 4 is 43.9 Å². The summed E-state index contributed by atoms with van der Waals surface area (Å²) in [5.41, 5.74) is 21.0. The van der Waals surface area contributed by atoms with E-state index >= 15 is 0 Å². The smallest absolute Gasteiger partial charge is 0.131 e. The molecule has 1 aliphatic rings. The van der Waals surface area contributed by atoms with Crippen molar-refractivity contribution in [3.63, 3.8) is 0 Å². The first-order valence-corrected chi connectivity index (χ1v) is 19.8. The molecule has 0 aliphatic heterocycles. The van der Waals surface area contributed by atoms with Crippen molar-refractivity contribution < 1.29 is 0 Å². The summed E-state index contributed by atoms with van der Waals surface area (Å²) < 4.78 is 0. The largest absolute Gasteiger partial charge is 0.383 e. The molecule has 0 bridgehead atoms. The number of amidine groups is 1. The van der Waals surface area contributed by atoms with Gasteiger partial charge >= 0.3 is 0 Å². The van der Waals surface area contributed by atoms with Crippen molar-refractivity contribution in [1.29, 1.82) is 0 Å². The zero-order valence-electron chi connectivity index (χ0n) is 32.2. The van der Waals surface area contributed by atoms with Gasteiger partial charge in [-0.15, -0.1) is 0 Å². The first-order valence-electron chi connectivity index (χ1n) is 19.8. The van der Waals surface area contributed by atoms with E-state index in [0.717, 1.165) is 27.8 Å². The molecule has 2 heteroatoms. The third kappa shape index (κ3) is 5.93. The average Bonchev–Trinajstić information content (AvgIpc) is 3.51. The van der Waals surface area contributed by atoms with Crippen molar-refractivity contribution in [3.05, 3.63) is 222 Å². The Hall–Kier alpha value is -7.03. The Bertz CT molecular complexity index is 3050. The normalized spacial score (nSPS) is 13.6. The lowest BCUT2D eigenvalue weighted by Crippen LogP contribution is -2.15. The highest BCUT2D eigenvalue weighted by Crippen LogP contribution is 2.55. The van der Waals surface area contributed by atoms with E-state index in [1.54, 1.807) is 0 Å². The number of rotatable bonds is 7. The number of hydrogen-bond acceptors (Lipinski definition) is 1. The van der Waals surface area contributed by atoms with Crippen molar-refractivity contribution in [3.8, 4) is 33.4 Å². The highest BCUT2D eigenvalue weighted by Gasteiger charge is 2.38. The monoisotopic (exact) mass is 730 g/mol. The van der Waals surface area contributed by atoms with Crippen LogP contribution in [0.4, 0.5) is 0 Å². The van der Waals surface area contributed by atoms with Gasteiger partial charge in [0.2, 0.25) is 0 Å². The second kappa shape index (κ2) is 13.9. The van der Waals surface area contributed by atoms with Crippen LogP contribution in [-0.4, -0.2) is 5.84 Å². The Balaban J connectivity index is 1.13. The van der Waals surface area contributed by atoms with Crippen molar-refractivity contribution in [2.24, 2.45) is 10.7 Å². The molecule has 0 spiro atoms. The molecule has 0 saturated carbocycles. The van der Waals surface area contributed by atoms with Crippen LogP contribution in [0, 0.1) is 0 Å². The van der Waals surface area contributed by atoms with Gasteiger partial charge in [-0.1, -0.05) is 208 Å². The molecule has 9 aromatic carbocycles. The van der Waals surface area contributed by atoms with E-state index in [1.165, 1.54) is 71.4 Å². The highest BCUT2D eigenvalue weighted by molar-refractivity contribution is 6.09. The topological polar surface area (TPSA) is 38.4 Å². The second-order valence-corrected chi connectivity index (χ2v) is 15.6. The lowest BCUT2D eigenvalue weighted by Gasteiger charge is -2.23. The number of aliphatic imine (C=N–C) groups is 1. The number of allylic oxidation sites excluding steroid dienone is 1. The summed E-state index contributed by atoms with van der Waals surface area (Å²) in [5, 5.41) is 7.42. The number of nitrogens with zero attached hydrogens (tertiary/aromatic N) is 1. The van der Waals surface area contributed by atoms with E-state index in [2.05, 4.69) is 202 Å². The maximum absolute atomic E-state index is 6.93. The fourth-order valence-corrected chi connectivity index (χ4v) is 9.18. The van der Waals surface area contributed by atoms with Crippen LogP contribution in [0.1, 0.15) is 41.7 Å². The van der Waals surface area contributed by atoms with Gasteiger partial charge in [0.1, 0.15) is 5.84 Å². The van der Waals surface area contributed by atoms with Gasteiger partial charge in [-0.05, 0) is 88.8 Å². The Morgan fingerprint density at radius 3 is 1.91 bits per heavy atom. The molecule has 272 valence electrons. The number of benzene rings is 9. The van der Waals surface area contributed by atoms with E-state index in [1.807, 2.05) is 6.07 Å². The lowest BCUT2D eigenvalue weighted by atomic mass is 9.80. The first-order chi connectivity index (χ1) is 28.0. The molecule has 2 nitrogen and oxygen atoms in total. The van der Waals surface area contributed by atoms with Crippen LogP contribution >= 0.6 is 0 Å². The second-order valence-electron chi connectivity index (χ2n) is 15.6. The summed E-state index contributed by atoms with van der Waals surface area (Å²) in [6, 6.07) is 67.5. The Labute approximate surface area is 334 Å². The summed E-state index contributed by atoms with van der Waals surface area (Å²) in [5.74, 6) is 0.485. The third-order valence-electron chi connectivity index (χ3n) is 12.0. The first kappa shape index (κ1) is 34.5. The predicted octanol–water partition coefficient (Wildman–Crippen LogP) is 13.8. The molecule has 0 amide bonds. The van der Waals surface area contributed by atoms with Gasteiger partial charge in [-0.2, -0.15) is 0 Å². The molecular weight excluding hydrogens is 689 g/mol. The van der Waals surface area contributed by atoms with E-state index in [-0.39, 0.29) is 5.41 Å². The number of fused-ring (bicyclic) bond motifs is 7. The maximum atomic E-state index is 6.93. The minimum Gasteiger partial charge on any atom is -0.383 e. The van der Waals surface area contributed by atoms with Gasteiger partial charge in [-0.3, -0.25) is 0 Å². The SMILES string of the molecule is CC1(C)c2cccc(-c3ccc(/C(=C/Cc4cccc5ccccc45)N=C(N)c4ccc(-c5ccccc5)cc4)c4ccccc34)c2-c2ccc3ccccc3c21. The van der Waals surface area contributed by atoms with Crippen LogP contribution in [0.5, 0.6) is 0 Å². The standard InChI is InChI=1S/C55H42N2/c1-55(2)50-25-13-24-48(52(50)49-32-30-40-17-7-9-21-43(40)53(49)55)46-33-34-47(45-23-11-10-22-44(45)46)51(35-31-39-19-12-18-38-16-6-8-20-42(38)39)57-54(56)41-28-26-37(27-29-41)36-14-4-3-5-15-36/h3-30,32-35H,31H2,1-2H3,(H2,56,57)/b51-35-. The van der Waals surface area contributed by atoms with Gasteiger partial charge < -0.3 is 5.73 Å². The summed E-state index contributed by atoms with van der Waals surface area (Å²) in [7, 11) is 0. The van der Waals surface area contributed by atoms with Gasteiger partial charge in [0.25, 0.3) is 0 Å². The highest BCUT2D eigenvalue weighted by atomic mass is 14.9.